The minimum atomic E-state index is -0.129. The van der Waals surface area contributed by atoms with E-state index in [0.717, 1.165) is 31.2 Å². The molecule has 1 aromatic heterocycles. The first-order chi connectivity index (χ1) is 9.74. The Morgan fingerprint density at radius 2 is 2.15 bits per heavy atom. The van der Waals surface area contributed by atoms with Gasteiger partial charge in [-0.3, -0.25) is 9.78 Å². The molecule has 0 radical (unpaired) electrons. The number of carbonyl (C=O) groups is 1. The highest BCUT2D eigenvalue weighted by Gasteiger charge is 2.19. The molecule has 2 heterocycles. The maximum Gasteiger partial charge on any atom is 0.269 e. The molecule has 0 bridgehead atoms. The summed E-state index contributed by atoms with van der Waals surface area (Å²) in [5.41, 5.74) is 1.59. The molecule has 2 rings (SSSR count). The van der Waals surface area contributed by atoms with E-state index < -0.39 is 0 Å². The Labute approximate surface area is 120 Å². The topological polar surface area (TPSA) is 57.3 Å². The lowest BCUT2D eigenvalue weighted by molar-refractivity contribution is 0.0958. The minimum absolute atomic E-state index is 0.129. The van der Waals surface area contributed by atoms with Gasteiger partial charge in [-0.25, -0.2) is 0 Å². The van der Waals surface area contributed by atoms with Gasteiger partial charge in [0.2, 0.25) is 0 Å². The van der Waals surface area contributed by atoms with Crippen LogP contribution in [0.4, 0.5) is 5.69 Å². The summed E-state index contributed by atoms with van der Waals surface area (Å²) in [5.74, 6) is 0.690. The van der Waals surface area contributed by atoms with Crippen LogP contribution in [0, 0.1) is 5.92 Å². The van der Waals surface area contributed by atoms with E-state index in [-0.39, 0.29) is 5.91 Å². The van der Waals surface area contributed by atoms with Crippen molar-refractivity contribution in [3.63, 3.8) is 0 Å². The lowest BCUT2D eigenvalue weighted by Crippen LogP contribution is -2.34. The molecule has 5 heteroatoms. The van der Waals surface area contributed by atoms with E-state index in [2.05, 4.69) is 20.5 Å². The van der Waals surface area contributed by atoms with Crippen molar-refractivity contribution in [2.45, 2.75) is 19.3 Å². The van der Waals surface area contributed by atoms with E-state index in [9.17, 15) is 4.79 Å². The van der Waals surface area contributed by atoms with Gasteiger partial charge in [-0.2, -0.15) is 0 Å². The lowest BCUT2D eigenvalue weighted by atomic mass is 9.93. The van der Waals surface area contributed by atoms with Crippen molar-refractivity contribution >= 4 is 11.6 Å². The SMILES string of the molecule is CNCCC1CCN(c2ccnc(C(=O)NC)c2)CC1. The summed E-state index contributed by atoms with van der Waals surface area (Å²) in [5, 5.41) is 5.83. The van der Waals surface area contributed by atoms with Crippen LogP contribution in [0.3, 0.4) is 0 Å². The van der Waals surface area contributed by atoms with Gasteiger partial charge in [-0.05, 0) is 50.9 Å². The maximum atomic E-state index is 11.6. The predicted octanol–water partition coefficient (Wildman–Crippen LogP) is 1.27. The summed E-state index contributed by atoms with van der Waals surface area (Å²) in [7, 11) is 3.64. The van der Waals surface area contributed by atoms with Gasteiger partial charge < -0.3 is 15.5 Å². The van der Waals surface area contributed by atoms with Gasteiger partial charge in [0, 0.05) is 32.0 Å². The van der Waals surface area contributed by atoms with Crippen LogP contribution in [0.25, 0.3) is 0 Å². The fourth-order valence-corrected chi connectivity index (χ4v) is 2.70. The first-order valence-electron chi connectivity index (χ1n) is 7.32. The summed E-state index contributed by atoms with van der Waals surface area (Å²) in [6, 6.07) is 3.87. The van der Waals surface area contributed by atoms with Gasteiger partial charge in [0.05, 0.1) is 0 Å². The van der Waals surface area contributed by atoms with Gasteiger partial charge in [0.1, 0.15) is 5.69 Å². The molecule has 1 aromatic rings. The third kappa shape index (κ3) is 3.70. The molecule has 1 aliphatic rings. The summed E-state index contributed by atoms with van der Waals surface area (Å²) in [6.45, 7) is 3.22. The summed E-state index contributed by atoms with van der Waals surface area (Å²) in [6.07, 6.45) is 5.41. The standard InChI is InChI=1S/C15H24N4O/c1-16-7-3-12-5-9-19(10-6-12)13-4-8-18-14(11-13)15(20)17-2/h4,8,11-12,16H,3,5-7,9-10H2,1-2H3,(H,17,20). The Morgan fingerprint density at radius 3 is 2.80 bits per heavy atom. The summed E-state index contributed by atoms with van der Waals surface area (Å²) >= 11 is 0. The average Bonchev–Trinajstić information content (AvgIpc) is 2.52. The first kappa shape index (κ1) is 14.8. The van der Waals surface area contributed by atoms with Crippen LogP contribution < -0.4 is 15.5 Å². The maximum absolute atomic E-state index is 11.6. The quantitative estimate of drug-likeness (QED) is 0.850. The van der Waals surface area contributed by atoms with Crippen LogP contribution in [0.5, 0.6) is 0 Å². The van der Waals surface area contributed by atoms with Gasteiger partial charge >= 0.3 is 0 Å². The molecule has 0 aliphatic carbocycles. The lowest BCUT2D eigenvalue weighted by Gasteiger charge is -2.33. The molecule has 0 atom stereocenters. The Kier molecular flexibility index (Phi) is 5.35. The van der Waals surface area contributed by atoms with Crippen LogP contribution >= 0.6 is 0 Å². The molecular formula is C15H24N4O. The van der Waals surface area contributed by atoms with Crippen LogP contribution in [0.2, 0.25) is 0 Å². The zero-order valence-corrected chi connectivity index (χ0v) is 12.4. The molecule has 1 amide bonds. The molecule has 0 aromatic carbocycles. The number of hydrogen-bond donors (Lipinski definition) is 2. The Hall–Kier alpha value is -1.62. The summed E-state index contributed by atoms with van der Waals surface area (Å²) < 4.78 is 0. The third-order valence-corrected chi connectivity index (χ3v) is 3.99. The van der Waals surface area contributed by atoms with E-state index >= 15 is 0 Å². The highest BCUT2D eigenvalue weighted by atomic mass is 16.1. The molecule has 110 valence electrons. The van der Waals surface area contributed by atoms with Gasteiger partial charge in [0.25, 0.3) is 5.91 Å². The monoisotopic (exact) mass is 276 g/mol. The molecular weight excluding hydrogens is 252 g/mol. The van der Waals surface area contributed by atoms with Gasteiger partial charge in [-0.1, -0.05) is 0 Å². The predicted molar refractivity (Wildman–Crippen MR) is 81.1 cm³/mol. The van der Waals surface area contributed by atoms with Crippen molar-refractivity contribution in [3.8, 4) is 0 Å². The van der Waals surface area contributed by atoms with Crippen LogP contribution in [-0.4, -0.2) is 44.6 Å². The second kappa shape index (κ2) is 7.24. The van der Waals surface area contributed by atoms with Crippen molar-refractivity contribution in [2.75, 3.05) is 38.6 Å². The van der Waals surface area contributed by atoms with E-state index in [1.165, 1.54) is 19.3 Å². The number of rotatable bonds is 5. The molecule has 20 heavy (non-hydrogen) atoms. The largest absolute Gasteiger partial charge is 0.371 e. The first-order valence-corrected chi connectivity index (χ1v) is 7.32. The second-order valence-electron chi connectivity index (χ2n) is 5.30. The highest BCUT2D eigenvalue weighted by Crippen LogP contribution is 2.25. The Bertz CT molecular complexity index is 441. The molecule has 0 unspecified atom stereocenters. The fourth-order valence-electron chi connectivity index (χ4n) is 2.70. The van der Waals surface area contributed by atoms with Crippen LogP contribution in [0.1, 0.15) is 29.8 Å². The van der Waals surface area contributed by atoms with Crippen molar-refractivity contribution in [3.05, 3.63) is 24.0 Å². The number of pyridine rings is 1. The highest BCUT2D eigenvalue weighted by molar-refractivity contribution is 5.92. The molecule has 2 N–H and O–H groups in total. The van der Waals surface area contributed by atoms with Gasteiger partial charge in [-0.15, -0.1) is 0 Å². The van der Waals surface area contributed by atoms with Crippen LogP contribution in [-0.2, 0) is 0 Å². The number of nitrogens with zero attached hydrogens (tertiary/aromatic N) is 2. The summed E-state index contributed by atoms with van der Waals surface area (Å²) in [4.78, 5) is 18.1. The Balaban J connectivity index is 1.95. The molecule has 0 saturated carbocycles. The number of hydrogen-bond acceptors (Lipinski definition) is 4. The van der Waals surface area contributed by atoms with Crippen molar-refractivity contribution in [2.24, 2.45) is 5.92 Å². The number of anilines is 1. The van der Waals surface area contributed by atoms with E-state index in [0.29, 0.717) is 5.69 Å². The Morgan fingerprint density at radius 1 is 1.40 bits per heavy atom. The molecule has 1 fully saturated rings. The molecule has 1 aliphatic heterocycles. The van der Waals surface area contributed by atoms with E-state index in [1.807, 2.05) is 19.2 Å². The minimum Gasteiger partial charge on any atom is -0.371 e. The molecule has 0 spiro atoms. The number of piperidine rings is 1. The van der Waals surface area contributed by atoms with Crippen molar-refractivity contribution in [1.29, 1.82) is 0 Å². The smallest absolute Gasteiger partial charge is 0.269 e. The van der Waals surface area contributed by atoms with Gasteiger partial charge in [0.15, 0.2) is 0 Å². The zero-order chi connectivity index (χ0) is 14.4. The number of amides is 1. The fraction of sp³-hybridized carbons (Fsp3) is 0.600. The molecule has 5 nitrogen and oxygen atoms in total. The number of nitrogens with one attached hydrogen (secondary N) is 2. The average molecular weight is 276 g/mol. The van der Waals surface area contributed by atoms with Crippen molar-refractivity contribution in [1.82, 2.24) is 15.6 Å². The normalized spacial score (nSPS) is 16.2. The number of aromatic nitrogens is 1. The van der Waals surface area contributed by atoms with Crippen molar-refractivity contribution < 1.29 is 4.79 Å². The van der Waals surface area contributed by atoms with E-state index in [1.54, 1.807) is 13.2 Å². The van der Waals surface area contributed by atoms with E-state index in [4.69, 9.17) is 0 Å². The third-order valence-electron chi connectivity index (χ3n) is 3.99. The number of carbonyl (C=O) groups excluding carboxylic acids is 1. The van der Waals surface area contributed by atoms with Crippen LogP contribution in [0.15, 0.2) is 18.3 Å². The molecule has 1 saturated heterocycles. The second-order valence-corrected chi connectivity index (χ2v) is 5.30. The zero-order valence-electron chi connectivity index (χ0n) is 12.4.